The minimum atomic E-state index is -0.349. The molecular formula is C34H40ClNO4. The maximum atomic E-state index is 13.9. The fourth-order valence-corrected chi connectivity index (χ4v) is 6.78. The first-order valence-corrected chi connectivity index (χ1v) is 14.6. The van der Waals surface area contributed by atoms with Gasteiger partial charge in [-0.2, -0.15) is 0 Å². The number of carbonyl (C=O) groups excluding carboxylic acids is 2. The average Bonchev–Trinajstić information content (AvgIpc) is 2.87. The summed E-state index contributed by atoms with van der Waals surface area (Å²) in [5, 5.41) is 0.679. The number of hydrogen-bond acceptors (Lipinski definition) is 5. The number of ether oxygens (including phenoxy) is 2. The summed E-state index contributed by atoms with van der Waals surface area (Å²) >= 11 is 6.12. The second-order valence-corrected chi connectivity index (χ2v) is 13.5. The van der Waals surface area contributed by atoms with Crippen LogP contribution in [0, 0.1) is 10.8 Å². The SMILES string of the molecule is COCCCN1C2=C(C(=O)CC(C)(C)C2)C(c2ccc(OCc3cccc(Cl)c3)cc2)C2=C1CC(C)(C)CC2=O. The minimum absolute atomic E-state index is 0.135. The molecule has 0 amide bonds. The third-order valence-electron chi connectivity index (χ3n) is 8.26. The predicted octanol–water partition coefficient (Wildman–Crippen LogP) is 7.64. The summed E-state index contributed by atoms with van der Waals surface area (Å²) in [4.78, 5) is 30.1. The molecule has 2 aromatic carbocycles. The van der Waals surface area contributed by atoms with Gasteiger partial charge in [0, 0.05) is 66.6 Å². The summed E-state index contributed by atoms with van der Waals surface area (Å²) < 4.78 is 11.4. The summed E-state index contributed by atoms with van der Waals surface area (Å²) in [5.74, 6) is 0.686. The molecule has 2 aliphatic carbocycles. The highest BCUT2D eigenvalue weighted by Gasteiger charge is 2.48. The minimum Gasteiger partial charge on any atom is -0.489 e. The van der Waals surface area contributed by atoms with Gasteiger partial charge in [0.15, 0.2) is 11.6 Å². The molecule has 0 radical (unpaired) electrons. The lowest BCUT2D eigenvalue weighted by atomic mass is 9.63. The van der Waals surface area contributed by atoms with Gasteiger partial charge < -0.3 is 14.4 Å². The van der Waals surface area contributed by atoms with Gasteiger partial charge in [-0.1, -0.05) is 63.6 Å². The smallest absolute Gasteiger partial charge is 0.162 e. The Morgan fingerprint density at radius 2 is 1.48 bits per heavy atom. The summed E-state index contributed by atoms with van der Waals surface area (Å²) in [7, 11) is 1.71. The van der Waals surface area contributed by atoms with Gasteiger partial charge in [0.1, 0.15) is 12.4 Å². The average molecular weight is 562 g/mol. The number of rotatable bonds is 8. The van der Waals surface area contributed by atoms with E-state index in [1.807, 2.05) is 48.5 Å². The molecule has 1 aliphatic heterocycles. The van der Waals surface area contributed by atoms with E-state index in [4.69, 9.17) is 21.1 Å². The molecule has 212 valence electrons. The molecule has 0 saturated heterocycles. The number of Topliss-reactive ketones (excluding diaryl/α,β-unsaturated/α-hetero) is 2. The molecule has 0 spiro atoms. The van der Waals surface area contributed by atoms with Crippen LogP contribution in [-0.2, 0) is 20.9 Å². The molecule has 3 aliphatic rings. The van der Waals surface area contributed by atoms with Crippen LogP contribution >= 0.6 is 11.6 Å². The van der Waals surface area contributed by atoms with E-state index in [-0.39, 0.29) is 28.3 Å². The van der Waals surface area contributed by atoms with Crippen molar-refractivity contribution in [3.05, 3.63) is 87.2 Å². The Hall–Kier alpha value is -2.89. The maximum absolute atomic E-state index is 13.9. The van der Waals surface area contributed by atoms with Crippen molar-refractivity contribution >= 4 is 23.2 Å². The van der Waals surface area contributed by atoms with E-state index in [0.29, 0.717) is 31.1 Å². The van der Waals surface area contributed by atoms with E-state index in [2.05, 4.69) is 32.6 Å². The monoisotopic (exact) mass is 561 g/mol. The second kappa shape index (κ2) is 11.2. The molecule has 0 aromatic heterocycles. The first kappa shape index (κ1) is 28.6. The van der Waals surface area contributed by atoms with Crippen LogP contribution in [0.1, 0.15) is 76.8 Å². The van der Waals surface area contributed by atoms with Crippen molar-refractivity contribution in [1.82, 2.24) is 4.90 Å². The van der Waals surface area contributed by atoms with Crippen molar-refractivity contribution < 1.29 is 19.1 Å². The second-order valence-electron chi connectivity index (χ2n) is 13.0. The summed E-state index contributed by atoms with van der Waals surface area (Å²) in [6, 6.07) is 15.6. The molecule has 0 saturated carbocycles. The topological polar surface area (TPSA) is 55.8 Å². The van der Waals surface area contributed by atoms with Crippen molar-refractivity contribution in [1.29, 1.82) is 0 Å². The van der Waals surface area contributed by atoms with Crippen LogP contribution < -0.4 is 4.74 Å². The summed E-state index contributed by atoms with van der Waals surface area (Å²) in [5.41, 5.74) is 5.47. The molecule has 5 nitrogen and oxygen atoms in total. The molecule has 40 heavy (non-hydrogen) atoms. The third kappa shape index (κ3) is 5.91. The van der Waals surface area contributed by atoms with Gasteiger partial charge in [-0.15, -0.1) is 0 Å². The number of carbonyl (C=O) groups is 2. The molecule has 6 heteroatoms. The van der Waals surface area contributed by atoms with Crippen molar-refractivity contribution in [2.75, 3.05) is 20.3 Å². The molecule has 1 heterocycles. The van der Waals surface area contributed by atoms with Gasteiger partial charge in [-0.25, -0.2) is 0 Å². The Morgan fingerprint density at radius 3 is 2.02 bits per heavy atom. The highest BCUT2D eigenvalue weighted by atomic mass is 35.5. The molecular weight excluding hydrogens is 522 g/mol. The molecule has 2 aromatic rings. The van der Waals surface area contributed by atoms with Crippen LogP contribution in [0.15, 0.2) is 71.1 Å². The quantitative estimate of drug-likeness (QED) is 0.310. The molecule has 5 rings (SSSR count). The lowest BCUT2D eigenvalue weighted by Crippen LogP contribution is -2.44. The standard InChI is InChI=1S/C34H40ClNO4/c1-33(2)17-26-31(28(37)19-33)30(23-10-12-25(13-11-23)40-21-22-8-6-9-24(35)16-22)32-27(36(26)14-7-15-39-5)18-34(3,4)20-29(32)38/h6,8-13,16,30H,7,14-15,17-21H2,1-5H3. The van der Waals surface area contributed by atoms with Crippen LogP contribution in [0.2, 0.25) is 5.02 Å². The zero-order valence-corrected chi connectivity index (χ0v) is 25.1. The Kier molecular flexibility index (Phi) is 8.00. The largest absolute Gasteiger partial charge is 0.489 e. The van der Waals surface area contributed by atoms with E-state index >= 15 is 0 Å². The highest BCUT2D eigenvalue weighted by Crippen LogP contribution is 2.54. The third-order valence-corrected chi connectivity index (χ3v) is 8.50. The lowest BCUT2D eigenvalue weighted by molar-refractivity contribution is -0.119. The van der Waals surface area contributed by atoms with Crippen LogP contribution in [-0.4, -0.2) is 36.7 Å². The Balaban J connectivity index is 1.55. The van der Waals surface area contributed by atoms with Crippen LogP contribution in [0.3, 0.4) is 0 Å². The van der Waals surface area contributed by atoms with Gasteiger partial charge in [-0.3, -0.25) is 9.59 Å². The number of methoxy groups -OCH3 is 1. The Labute approximate surface area is 243 Å². The maximum Gasteiger partial charge on any atom is 0.162 e. The lowest BCUT2D eigenvalue weighted by Gasteiger charge is -2.49. The number of allylic oxidation sites excluding steroid dienone is 4. The van der Waals surface area contributed by atoms with Crippen molar-refractivity contribution in [3.63, 3.8) is 0 Å². The number of benzene rings is 2. The number of halogens is 1. The predicted molar refractivity (Wildman–Crippen MR) is 158 cm³/mol. The number of ketones is 2. The molecule has 0 fully saturated rings. The van der Waals surface area contributed by atoms with E-state index in [9.17, 15) is 9.59 Å². The van der Waals surface area contributed by atoms with E-state index in [0.717, 1.165) is 65.2 Å². The first-order chi connectivity index (χ1) is 19.0. The fourth-order valence-electron chi connectivity index (χ4n) is 6.57. The molecule has 0 bridgehead atoms. The van der Waals surface area contributed by atoms with Crippen molar-refractivity contribution in [2.45, 2.75) is 72.3 Å². The normalized spacial score (nSPS) is 20.5. The van der Waals surface area contributed by atoms with Crippen LogP contribution in [0.4, 0.5) is 0 Å². The number of nitrogens with zero attached hydrogens (tertiary/aromatic N) is 1. The van der Waals surface area contributed by atoms with E-state index in [1.54, 1.807) is 7.11 Å². The van der Waals surface area contributed by atoms with Gasteiger partial charge in [0.25, 0.3) is 0 Å². The van der Waals surface area contributed by atoms with Gasteiger partial charge in [-0.05, 0) is 65.5 Å². The van der Waals surface area contributed by atoms with E-state index in [1.165, 1.54) is 0 Å². The van der Waals surface area contributed by atoms with Gasteiger partial charge in [0.05, 0.1) is 0 Å². The molecule has 0 unspecified atom stereocenters. The zero-order chi connectivity index (χ0) is 28.7. The zero-order valence-electron chi connectivity index (χ0n) is 24.3. The van der Waals surface area contributed by atoms with Gasteiger partial charge >= 0.3 is 0 Å². The van der Waals surface area contributed by atoms with Crippen molar-refractivity contribution in [2.24, 2.45) is 10.8 Å². The molecule has 0 N–H and O–H groups in total. The van der Waals surface area contributed by atoms with Gasteiger partial charge in [0.2, 0.25) is 0 Å². The Bertz CT molecular complexity index is 1310. The Morgan fingerprint density at radius 1 is 0.875 bits per heavy atom. The fraction of sp³-hybridized carbons (Fsp3) is 0.471. The van der Waals surface area contributed by atoms with Crippen LogP contribution in [0.5, 0.6) is 5.75 Å². The summed E-state index contributed by atoms with van der Waals surface area (Å²) in [6.07, 6.45) is 3.42. The first-order valence-electron chi connectivity index (χ1n) is 14.2. The van der Waals surface area contributed by atoms with E-state index < -0.39 is 0 Å². The van der Waals surface area contributed by atoms with Crippen LogP contribution in [0.25, 0.3) is 0 Å². The molecule has 0 atom stereocenters. The van der Waals surface area contributed by atoms with Crippen molar-refractivity contribution in [3.8, 4) is 5.75 Å². The highest BCUT2D eigenvalue weighted by molar-refractivity contribution is 6.30. The number of hydrogen-bond donors (Lipinski definition) is 0. The summed E-state index contributed by atoms with van der Waals surface area (Å²) in [6.45, 7) is 10.5.